The number of fused-ring (bicyclic) bond motifs is 2. The molecule has 4 heterocycles. The molecular weight excluding hydrogens is 492 g/mol. The van der Waals surface area contributed by atoms with Crippen molar-refractivity contribution in [2.75, 3.05) is 0 Å². The molecule has 3 aromatic heterocycles. The largest absolute Gasteiger partial charge is 0.281 e. The normalized spacial score (nSPS) is 18.7. The lowest BCUT2D eigenvalue weighted by Gasteiger charge is -2.17. The van der Waals surface area contributed by atoms with Gasteiger partial charge in [-0.15, -0.1) is 0 Å². The van der Waals surface area contributed by atoms with Crippen LogP contribution in [0.4, 0.5) is 0 Å². The molecule has 1 aromatic carbocycles. The zero-order valence-corrected chi connectivity index (χ0v) is 21.5. The van der Waals surface area contributed by atoms with Crippen molar-refractivity contribution in [3.8, 4) is 11.4 Å². The minimum atomic E-state index is 0.0185. The molecule has 0 saturated carbocycles. The van der Waals surface area contributed by atoms with Gasteiger partial charge in [-0.25, -0.2) is 19.6 Å². The summed E-state index contributed by atoms with van der Waals surface area (Å²) in [6.45, 7) is 0. The fraction of sp³-hybridized carbons (Fsp3) is 0.161. The van der Waals surface area contributed by atoms with Crippen LogP contribution in [0.2, 0.25) is 0 Å². The predicted molar refractivity (Wildman–Crippen MR) is 154 cm³/mol. The molecular formula is C31H25ClN6. The lowest BCUT2D eigenvalue weighted by molar-refractivity contribution is 0.758. The molecule has 0 saturated heterocycles. The first-order valence-electron chi connectivity index (χ1n) is 12.9. The van der Waals surface area contributed by atoms with Crippen LogP contribution in [0.3, 0.4) is 0 Å². The number of pyridine rings is 1. The minimum absolute atomic E-state index is 0.0185. The van der Waals surface area contributed by atoms with E-state index in [1.807, 2.05) is 41.4 Å². The third-order valence-corrected chi connectivity index (χ3v) is 7.33. The van der Waals surface area contributed by atoms with Crippen molar-refractivity contribution >= 4 is 46.3 Å². The Morgan fingerprint density at radius 1 is 0.974 bits per heavy atom. The van der Waals surface area contributed by atoms with Crippen molar-refractivity contribution in [1.29, 1.82) is 0 Å². The number of benzene rings is 1. The molecule has 0 spiro atoms. The smallest absolute Gasteiger partial charge is 0.164 e. The van der Waals surface area contributed by atoms with E-state index in [-0.39, 0.29) is 5.92 Å². The van der Waals surface area contributed by atoms with E-state index in [9.17, 15) is 0 Å². The van der Waals surface area contributed by atoms with Gasteiger partial charge < -0.3 is 0 Å². The van der Waals surface area contributed by atoms with Crippen LogP contribution >= 0.6 is 11.6 Å². The van der Waals surface area contributed by atoms with Gasteiger partial charge in [-0.1, -0.05) is 66.2 Å². The maximum Gasteiger partial charge on any atom is 0.164 e. The maximum atomic E-state index is 6.64. The molecule has 0 N–H and O–H groups in total. The summed E-state index contributed by atoms with van der Waals surface area (Å²) >= 11 is 6.64. The average molecular weight is 517 g/mol. The van der Waals surface area contributed by atoms with Gasteiger partial charge in [0.2, 0.25) is 0 Å². The molecule has 186 valence electrons. The topological polar surface area (TPSA) is 61.4 Å². The number of halogens is 1. The first-order chi connectivity index (χ1) is 18.7. The molecule has 1 unspecified atom stereocenters. The molecule has 0 radical (unpaired) electrons. The summed E-state index contributed by atoms with van der Waals surface area (Å²) in [6, 6.07) is 12.5. The molecule has 0 fully saturated rings. The summed E-state index contributed by atoms with van der Waals surface area (Å²) in [5.41, 5.74) is 6.20. The highest BCUT2D eigenvalue weighted by Crippen LogP contribution is 2.37. The summed E-state index contributed by atoms with van der Waals surface area (Å²) < 4.78 is 4.03. The van der Waals surface area contributed by atoms with Crippen LogP contribution in [0, 0.1) is 0 Å². The van der Waals surface area contributed by atoms with Gasteiger partial charge in [0.1, 0.15) is 11.3 Å². The third-order valence-electron chi connectivity index (χ3n) is 7.07. The highest BCUT2D eigenvalue weighted by molar-refractivity contribution is 6.30. The highest BCUT2D eigenvalue weighted by Gasteiger charge is 2.23. The van der Waals surface area contributed by atoms with E-state index in [2.05, 4.69) is 70.3 Å². The van der Waals surface area contributed by atoms with Crippen molar-refractivity contribution in [2.24, 2.45) is 0 Å². The van der Waals surface area contributed by atoms with E-state index in [1.54, 1.807) is 0 Å². The number of nitrogens with zero attached hydrogens (tertiary/aromatic N) is 6. The molecule has 3 aliphatic rings. The second-order valence-corrected chi connectivity index (χ2v) is 10.1. The van der Waals surface area contributed by atoms with Crippen molar-refractivity contribution in [1.82, 2.24) is 29.3 Å². The van der Waals surface area contributed by atoms with Gasteiger partial charge >= 0.3 is 0 Å². The highest BCUT2D eigenvalue weighted by atomic mass is 35.5. The van der Waals surface area contributed by atoms with Gasteiger partial charge in [0.25, 0.3) is 0 Å². The maximum absolute atomic E-state index is 6.64. The molecule has 0 bridgehead atoms. The molecule has 6 nitrogen and oxygen atoms in total. The van der Waals surface area contributed by atoms with Crippen LogP contribution in [0.1, 0.15) is 48.8 Å². The molecule has 1 aliphatic heterocycles. The fourth-order valence-electron chi connectivity index (χ4n) is 5.22. The first-order valence-corrected chi connectivity index (χ1v) is 13.3. The van der Waals surface area contributed by atoms with Crippen molar-refractivity contribution < 1.29 is 0 Å². The standard InChI is InChI=1S/C31H25ClN6/c32-25-19-23(18-24(20-25)29-35-28-11-5-2-6-17-37(28)36-29)21-12-14-22(15-13-21)30-34-27-10-7-16-33-31(27)38(30)26-8-3-1-4-9-26/h1,3,5-8,10-19,24H,2,4,9,20H2. The average Bonchev–Trinajstić information content (AvgIpc) is 3.48. The Kier molecular flexibility index (Phi) is 5.74. The Bertz CT molecular complexity index is 1700. The van der Waals surface area contributed by atoms with Crippen LogP contribution < -0.4 is 0 Å². The summed E-state index contributed by atoms with van der Waals surface area (Å²) in [6.07, 6.45) is 24.3. The molecule has 1 atom stereocenters. The van der Waals surface area contributed by atoms with Gasteiger partial charge in [0, 0.05) is 34.6 Å². The summed E-state index contributed by atoms with van der Waals surface area (Å²) in [5, 5.41) is 5.54. The van der Waals surface area contributed by atoms with E-state index >= 15 is 0 Å². The Balaban J connectivity index is 1.24. The van der Waals surface area contributed by atoms with E-state index in [1.165, 1.54) is 5.70 Å². The fourth-order valence-corrected chi connectivity index (χ4v) is 5.50. The van der Waals surface area contributed by atoms with Crippen molar-refractivity contribution in [2.45, 2.75) is 31.6 Å². The van der Waals surface area contributed by atoms with Gasteiger partial charge in [-0.05, 0) is 67.2 Å². The van der Waals surface area contributed by atoms with Crippen LogP contribution in [-0.2, 0) is 0 Å². The predicted octanol–water partition coefficient (Wildman–Crippen LogP) is 7.46. The summed E-state index contributed by atoms with van der Waals surface area (Å²) in [4.78, 5) is 14.4. The lowest BCUT2D eigenvalue weighted by Crippen LogP contribution is -2.04. The minimum Gasteiger partial charge on any atom is -0.281 e. The quantitative estimate of drug-likeness (QED) is 0.282. The van der Waals surface area contributed by atoms with E-state index in [4.69, 9.17) is 26.7 Å². The van der Waals surface area contributed by atoms with Crippen molar-refractivity contribution in [3.05, 3.63) is 107 Å². The molecule has 7 heteroatoms. The van der Waals surface area contributed by atoms with E-state index in [0.29, 0.717) is 6.42 Å². The second kappa shape index (κ2) is 9.54. The van der Waals surface area contributed by atoms with Crippen molar-refractivity contribution in [3.63, 3.8) is 0 Å². The monoisotopic (exact) mass is 516 g/mol. The van der Waals surface area contributed by atoms with Gasteiger partial charge in [-0.2, -0.15) is 5.10 Å². The third kappa shape index (κ3) is 4.17. The van der Waals surface area contributed by atoms with Crippen LogP contribution in [0.5, 0.6) is 0 Å². The van der Waals surface area contributed by atoms with E-state index < -0.39 is 0 Å². The molecule has 2 aliphatic carbocycles. The SMILES string of the molecule is ClC1=CC(c2ccc(-c3nc4cccnc4n3C3=CC=CCC3)cc2)=CC(c2nc3n(n2)C=CCC=C3)C1. The Labute approximate surface area is 225 Å². The first kappa shape index (κ1) is 22.9. The van der Waals surface area contributed by atoms with Crippen LogP contribution in [0.25, 0.3) is 46.1 Å². The zero-order valence-electron chi connectivity index (χ0n) is 20.7. The summed E-state index contributed by atoms with van der Waals surface area (Å²) in [5.74, 6) is 2.55. The Hall–Kier alpha value is -4.29. The van der Waals surface area contributed by atoms with Crippen LogP contribution in [-0.4, -0.2) is 29.3 Å². The van der Waals surface area contributed by atoms with Gasteiger partial charge in [-0.3, -0.25) is 4.57 Å². The van der Waals surface area contributed by atoms with Gasteiger partial charge in [0.15, 0.2) is 17.3 Å². The number of allylic oxidation sites excluding steroid dienone is 10. The molecule has 7 rings (SSSR count). The van der Waals surface area contributed by atoms with E-state index in [0.717, 1.165) is 69.6 Å². The molecule has 4 aromatic rings. The molecule has 38 heavy (non-hydrogen) atoms. The zero-order chi connectivity index (χ0) is 25.5. The Morgan fingerprint density at radius 3 is 2.74 bits per heavy atom. The summed E-state index contributed by atoms with van der Waals surface area (Å²) in [7, 11) is 0. The number of rotatable bonds is 4. The number of hydrogen-bond acceptors (Lipinski definition) is 4. The van der Waals surface area contributed by atoms with Crippen LogP contribution in [0.15, 0.2) is 90.2 Å². The number of hydrogen-bond donors (Lipinski definition) is 0. The lowest BCUT2D eigenvalue weighted by atomic mass is 9.91. The number of imidazole rings is 1. The molecule has 0 amide bonds. The Morgan fingerprint density at radius 2 is 1.87 bits per heavy atom. The van der Waals surface area contributed by atoms with Gasteiger partial charge in [0.05, 0.1) is 0 Å². The second-order valence-electron chi connectivity index (χ2n) is 9.64. The number of aromatic nitrogens is 6.